The Bertz CT molecular complexity index is 274. The van der Waals surface area contributed by atoms with Gasteiger partial charge in [0.05, 0.1) is 12.2 Å². The standard InChI is InChI=1S/C13H22O2/c1-8(2)5-6-11-7-12(14)10(4)13(15)9(11)3/h5-6,9-10,12-15H,7H2,1-4H3/b11-6-/t9-,10+,12+,13+/m0/s1. The highest BCUT2D eigenvalue weighted by atomic mass is 16.3. The highest BCUT2D eigenvalue weighted by Crippen LogP contribution is 2.33. The molecule has 0 aromatic rings. The van der Waals surface area contributed by atoms with Crippen molar-refractivity contribution in [2.45, 2.75) is 46.3 Å². The summed E-state index contributed by atoms with van der Waals surface area (Å²) in [7, 11) is 0. The lowest BCUT2D eigenvalue weighted by Gasteiger charge is -2.36. The lowest BCUT2D eigenvalue weighted by atomic mass is 9.75. The van der Waals surface area contributed by atoms with Gasteiger partial charge in [0, 0.05) is 11.8 Å². The van der Waals surface area contributed by atoms with Crippen LogP contribution < -0.4 is 0 Å². The summed E-state index contributed by atoms with van der Waals surface area (Å²) in [6.45, 7) is 8.02. The monoisotopic (exact) mass is 210 g/mol. The molecule has 0 aromatic carbocycles. The van der Waals surface area contributed by atoms with E-state index in [0.717, 1.165) is 5.57 Å². The van der Waals surface area contributed by atoms with E-state index in [-0.39, 0.29) is 11.8 Å². The summed E-state index contributed by atoms with van der Waals surface area (Å²) in [6.07, 6.45) is 3.93. The first-order valence-corrected chi connectivity index (χ1v) is 5.63. The summed E-state index contributed by atoms with van der Waals surface area (Å²) >= 11 is 0. The van der Waals surface area contributed by atoms with Gasteiger partial charge in [0.1, 0.15) is 0 Å². The van der Waals surface area contributed by atoms with Crippen molar-refractivity contribution in [2.75, 3.05) is 0 Å². The van der Waals surface area contributed by atoms with Gasteiger partial charge in [-0.2, -0.15) is 0 Å². The molecule has 1 rings (SSSR count). The van der Waals surface area contributed by atoms with Gasteiger partial charge in [-0.1, -0.05) is 37.1 Å². The topological polar surface area (TPSA) is 40.5 Å². The molecule has 4 atom stereocenters. The molecule has 1 saturated carbocycles. The zero-order chi connectivity index (χ0) is 11.6. The van der Waals surface area contributed by atoms with Crippen molar-refractivity contribution in [1.82, 2.24) is 0 Å². The van der Waals surface area contributed by atoms with Crippen LogP contribution in [0.3, 0.4) is 0 Å². The minimum absolute atomic E-state index is 0.0242. The number of aliphatic hydroxyl groups is 2. The highest BCUT2D eigenvalue weighted by Gasteiger charge is 2.34. The summed E-state index contributed by atoms with van der Waals surface area (Å²) in [5, 5.41) is 19.7. The van der Waals surface area contributed by atoms with Crippen molar-refractivity contribution in [2.24, 2.45) is 11.8 Å². The Kier molecular flexibility index (Phi) is 4.12. The third-order valence-electron chi connectivity index (χ3n) is 3.32. The van der Waals surface area contributed by atoms with Crippen LogP contribution in [0.5, 0.6) is 0 Å². The van der Waals surface area contributed by atoms with Gasteiger partial charge in [-0.3, -0.25) is 0 Å². The van der Waals surface area contributed by atoms with Crippen molar-refractivity contribution in [3.8, 4) is 0 Å². The second-order valence-corrected chi connectivity index (χ2v) is 4.90. The maximum Gasteiger partial charge on any atom is 0.0653 e. The van der Waals surface area contributed by atoms with E-state index in [9.17, 15) is 10.2 Å². The largest absolute Gasteiger partial charge is 0.392 e. The fourth-order valence-electron chi connectivity index (χ4n) is 2.01. The van der Waals surface area contributed by atoms with Gasteiger partial charge in [0.2, 0.25) is 0 Å². The van der Waals surface area contributed by atoms with Gasteiger partial charge in [-0.25, -0.2) is 0 Å². The molecule has 2 N–H and O–H groups in total. The van der Waals surface area contributed by atoms with Crippen LogP contribution in [0.4, 0.5) is 0 Å². The van der Waals surface area contributed by atoms with Crippen molar-refractivity contribution in [3.63, 3.8) is 0 Å². The quantitative estimate of drug-likeness (QED) is 0.697. The van der Waals surface area contributed by atoms with Gasteiger partial charge < -0.3 is 10.2 Å². The van der Waals surface area contributed by atoms with Crippen LogP contribution in [0.1, 0.15) is 34.1 Å². The van der Waals surface area contributed by atoms with E-state index in [1.807, 2.05) is 39.8 Å². The molecular formula is C13H22O2. The number of hydrogen-bond donors (Lipinski definition) is 2. The molecule has 0 aromatic heterocycles. The third kappa shape index (κ3) is 2.93. The molecule has 86 valence electrons. The average Bonchev–Trinajstić information content (AvgIpc) is 2.18. The average molecular weight is 210 g/mol. The van der Waals surface area contributed by atoms with Crippen LogP contribution >= 0.6 is 0 Å². The molecule has 1 aliphatic rings. The first-order valence-electron chi connectivity index (χ1n) is 5.63. The summed E-state index contributed by atoms with van der Waals surface area (Å²) in [5.74, 6) is 0.128. The molecule has 0 saturated heterocycles. The number of aliphatic hydroxyl groups excluding tert-OH is 2. The van der Waals surface area contributed by atoms with Crippen molar-refractivity contribution in [1.29, 1.82) is 0 Å². The number of hydrogen-bond acceptors (Lipinski definition) is 2. The zero-order valence-electron chi connectivity index (χ0n) is 10.1. The van der Waals surface area contributed by atoms with E-state index in [1.54, 1.807) is 0 Å². The Balaban J connectivity index is 2.83. The van der Waals surface area contributed by atoms with Crippen molar-refractivity contribution in [3.05, 3.63) is 23.3 Å². The van der Waals surface area contributed by atoms with E-state index in [2.05, 4.69) is 0 Å². The highest BCUT2D eigenvalue weighted by molar-refractivity contribution is 5.21. The Hall–Kier alpha value is -0.600. The minimum atomic E-state index is -0.425. The molecule has 0 amide bonds. The Morgan fingerprint density at radius 2 is 1.87 bits per heavy atom. The maximum atomic E-state index is 9.93. The van der Waals surface area contributed by atoms with Gasteiger partial charge in [-0.15, -0.1) is 0 Å². The SMILES string of the molecule is CC(C)=C/C=C1/C[C@@H](O)[C@@H](C)[C@H](O)[C@H]1C. The molecule has 1 aliphatic carbocycles. The van der Waals surface area contributed by atoms with Gasteiger partial charge in [-0.05, 0) is 20.3 Å². The first kappa shape index (κ1) is 12.5. The molecule has 15 heavy (non-hydrogen) atoms. The predicted molar refractivity (Wildman–Crippen MR) is 62.5 cm³/mol. The maximum absolute atomic E-state index is 9.93. The van der Waals surface area contributed by atoms with Crippen LogP contribution in [0, 0.1) is 11.8 Å². The van der Waals surface area contributed by atoms with Gasteiger partial charge in [0.25, 0.3) is 0 Å². The van der Waals surface area contributed by atoms with E-state index in [0.29, 0.717) is 6.42 Å². The number of allylic oxidation sites excluding steroid dienone is 3. The fourth-order valence-corrected chi connectivity index (χ4v) is 2.01. The Labute approximate surface area is 92.3 Å². The number of rotatable bonds is 1. The molecule has 2 nitrogen and oxygen atoms in total. The Morgan fingerprint density at radius 3 is 2.40 bits per heavy atom. The lowest BCUT2D eigenvalue weighted by molar-refractivity contribution is -0.0208. The van der Waals surface area contributed by atoms with E-state index >= 15 is 0 Å². The van der Waals surface area contributed by atoms with E-state index in [1.165, 1.54) is 5.57 Å². The minimum Gasteiger partial charge on any atom is -0.392 e. The van der Waals surface area contributed by atoms with Gasteiger partial charge in [0.15, 0.2) is 0 Å². The smallest absolute Gasteiger partial charge is 0.0653 e. The van der Waals surface area contributed by atoms with Crippen LogP contribution in [0.15, 0.2) is 23.3 Å². The van der Waals surface area contributed by atoms with E-state index < -0.39 is 12.2 Å². The second kappa shape index (κ2) is 4.95. The molecule has 0 heterocycles. The molecule has 1 fully saturated rings. The molecule has 0 radical (unpaired) electrons. The normalized spacial score (nSPS) is 39.2. The summed E-state index contributed by atoms with van der Waals surface area (Å²) in [5.41, 5.74) is 2.38. The molecule has 0 bridgehead atoms. The lowest BCUT2D eigenvalue weighted by Crippen LogP contribution is -2.40. The molecule has 0 spiro atoms. The van der Waals surface area contributed by atoms with Crippen LogP contribution in [0.2, 0.25) is 0 Å². The van der Waals surface area contributed by atoms with Crippen molar-refractivity contribution < 1.29 is 10.2 Å². The van der Waals surface area contributed by atoms with Crippen LogP contribution in [0.25, 0.3) is 0 Å². The molecular weight excluding hydrogens is 188 g/mol. The zero-order valence-corrected chi connectivity index (χ0v) is 10.1. The van der Waals surface area contributed by atoms with Gasteiger partial charge >= 0.3 is 0 Å². The van der Waals surface area contributed by atoms with Crippen molar-refractivity contribution >= 4 is 0 Å². The second-order valence-electron chi connectivity index (χ2n) is 4.90. The van der Waals surface area contributed by atoms with Crippen LogP contribution in [-0.2, 0) is 0 Å². The summed E-state index contributed by atoms with van der Waals surface area (Å²) in [4.78, 5) is 0. The third-order valence-corrected chi connectivity index (χ3v) is 3.32. The molecule has 0 unspecified atom stereocenters. The van der Waals surface area contributed by atoms with Crippen LogP contribution in [-0.4, -0.2) is 22.4 Å². The fraction of sp³-hybridized carbons (Fsp3) is 0.692. The predicted octanol–water partition coefficient (Wildman–Crippen LogP) is 2.28. The van der Waals surface area contributed by atoms with E-state index in [4.69, 9.17) is 0 Å². The molecule has 2 heteroatoms. The molecule has 0 aliphatic heterocycles. The first-order chi connectivity index (χ1) is 6.93. The summed E-state index contributed by atoms with van der Waals surface area (Å²) in [6, 6.07) is 0. The Morgan fingerprint density at radius 1 is 1.27 bits per heavy atom. The summed E-state index contributed by atoms with van der Waals surface area (Å²) < 4.78 is 0.